The fourth-order valence-corrected chi connectivity index (χ4v) is 4.08. The Labute approximate surface area is 212 Å². The number of nitrogens with zero attached hydrogens (tertiary/aromatic N) is 2. The van der Waals surface area contributed by atoms with Crippen molar-refractivity contribution in [3.05, 3.63) is 83.9 Å². The maximum atomic E-state index is 13.7. The molecule has 0 spiro atoms. The minimum atomic E-state index is -4.87. The van der Waals surface area contributed by atoms with Gasteiger partial charge < -0.3 is 19.7 Å². The maximum absolute atomic E-state index is 13.7. The standard InChI is InChI=1S/C26H21F6N3O3/c27-25(28,29)15-22(17-4-2-1-3-5-17)35-21-12-6-16(7-13-23(36)37)14-20(21)34-24(35)33-18-8-10-19(11-9-18)38-26(30,31)32/h1-6,8-12,14,22H,7,13,15H2,(H,33,34)(H,36,37)/t22-/m0/s1. The highest BCUT2D eigenvalue weighted by molar-refractivity contribution is 5.81. The lowest BCUT2D eigenvalue weighted by molar-refractivity contribution is -0.274. The van der Waals surface area contributed by atoms with Gasteiger partial charge in [-0.25, -0.2) is 4.98 Å². The molecule has 1 atom stereocenters. The van der Waals surface area contributed by atoms with Gasteiger partial charge in [-0.1, -0.05) is 36.4 Å². The van der Waals surface area contributed by atoms with Crippen LogP contribution in [0.4, 0.5) is 38.0 Å². The molecule has 0 aliphatic heterocycles. The van der Waals surface area contributed by atoms with E-state index in [9.17, 15) is 31.1 Å². The topological polar surface area (TPSA) is 76.4 Å². The third-order valence-electron chi connectivity index (χ3n) is 5.65. The first-order valence-electron chi connectivity index (χ1n) is 11.4. The number of aliphatic carboxylic acids is 1. The largest absolute Gasteiger partial charge is 0.573 e. The average Bonchev–Trinajstić information content (AvgIpc) is 3.18. The van der Waals surface area contributed by atoms with Crippen molar-refractivity contribution in [1.29, 1.82) is 0 Å². The molecule has 6 nitrogen and oxygen atoms in total. The molecule has 0 aliphatic rings. The highest BCUT2D eigenvalue weighted by Crippen LogP contribution is 2.38. The number of rotatable bonds is 9. The van der Waals surface area contributed by atoms with Crippen LogP contribution in [0.25, 0.3) is 11.0 Å². The van der Waals surface area contributed by atoms with E-state index in [0.717, 1.165) is 12.1 Å². The van der Waals surface area contributed by atoms with Gasteiger partial charge in [0.25, 0.3) is 0 Å². The van der Waals surface area contributed by atoms with Crippen molar-refractivity contribution in [2.45, 2.75) is 37.8 Å². The predicted molar refractivity (Wildman–Crippen MR) is 127 cm³/mol. The summed E-state index contributed by atoms with van der Waals surface area (Å²) in [5.74, 6) is -1.43. The summed E-state index contributed by atoms with van der Waals surface area (Å²) in [6.07, 6.45) is -10.6. The number of benzene rings is 3. The van der Waals surface area contributed by atoms with Gasteiger partial charge in [-0.3, -0.25) is 4.79 Å². The van der Waals surface area contributed by atoms with Crippen molar-refractivity contribution in [3.8, 4) is 5.75 Å². The number of hydrogen-bond acceptors (Lipinski definition) is 4. The van der Waals surface area contributed by atoms with Gasteiger partial charge in [0, 0.05) is 12.1 Å². The van der Waals surface area contributed by atoms with E-state index in [2.05, 4.69) is 15.0 Å². The fraction of sp³-hybridized carbons (Fsp3) is 0.231. The minimum Gasteiger partial charge on any atom is -0.481 e. The highest BCUT2D eigenvalue weighted by atomic mass is 19.4. The number of ether oxygens (including phenoxy) is 1. The number of carboxylic acid groups (broad SMARTS) is 1. The third-order valence-corrected chi connectivity index (χ3v) is 5.65. The molecule has 0 saturated carbocycles. The van der Waals surface area contributed by atoms with Gasteiger partial charge in [0.1, 0.15) is 5.75 Å². The number of fused-ring (bicyclic) bond motifs is 1. The molecule has 1 heterocycles. The van der Waals surface area contributed by atoms with Gasteiger partial charge in [0.05, 0.1) is 23.5 Å². The lowest BCUT2D eigenvalue weighted by atomic mass is 10.0. The lowest BCUT2D eigenvalue weighted by Crippen LogP contribution is -2.21. The number of carboxylic acids is 1. The van der Waals surface area contributed by atoms with Crippen LogP contribution in [0.2, 0.25) is 0 Å². The van der Waals surface area contributed by atoms with Gasteiger partial charge in [-0.05, 0) is 53.9 Å². The molecule has 0 aliphatic carbocycles. The molecule has 12 heteroatoms. The number of anilines is 2. The van der Waals surface area contributed by atoms with Crippen LogP contribution in [0.5, 0.6) is 5.75 Å². The lowest BCUT2D eigenvalue weighted by Gasteiger charge is -2.24. The quantitative estimate of drug-likeness (QED) is 0.220. The van der Waals surface area contributed by atoms with E-state index >= 15 is 0 Å². The van der Waals surface area contributed by atoms with E-state index in [-0.39, 0.29) is 24.5 Å². The van der Waals surface area contributed by atoms with E-state index in [0.29, 0.717) is 22.2 Å². The van der Waals surface area contributed by atoms with Gasteiger partial charge in [0.15, 0.2) is 0 Å². The number of aryl methyl sites for hydroxylation is 1. The Kier molecular flexibility index (Phi) is 7.51. The molecule has 0 bridgehead atoms. The molecule has 0 amide bonds. The zero-order valence-electron chi connectivity index (χ0n) is 19.6. The summed E-state index contributed by atoms with van der Waals surface area (Å²) in [4.78, 5) is 15.4. The van der Waals surface area contributed by atoms with Crippen molar-refractivity contribution in [2.75, 3.05) is 5.32 Å². The molecule has 1 aromatic heterocycles. The molecule has 0 fully saturated rings. The monoisotopic (exact) mass is 537 g/mol. The molecule has 0 saturated heterocycles. The Morgan fingerprint density at radius 2 is 1.66 bits per heavy atom. The molecule has 4 rings (SSSR count). The normalized spacial score (nSPS) is 12.9. The molecule has 4 aromatic rings. The summed E-state index contributed by atoms with van der Waals surface area (Å²) < 4.78 is 84.0. The van der Waals surface area contributed by atoms with E-state index in [1.807, 2.05) is 0 Å². The summed E-state index contributed by atoms with van der Waals surface area (Å²) in [5.41, 5.74) is 1.96. The number of hydrogen-bond donors (Lipinski definition) is 2. The minimum absolute atomic E-state index is 0.0259. The smallest absolute Gasteiger partial charge is 0.481 e. The molecule has 2 N–H and O–H groups in total. The SMILES string of the molecule is O=C(O)CCc1ccc2c(c1)nc(Nc1ccc(OC(F)(F)F)cc1)n2[C@@H](CC(F)(F)F)c1ccccc1. The fourth-order valence-electron chi connectivity index (χ4n) is 4.08. The molecule has 0 radical (unpaired) electrons. The highest BCUT2D eigenvalue weighted by Gasteiger charge is 2.35. The number of carbonyl (C=O) groups is 1. The van der Waals surface area contributed by atoms with Crippen molar-refractivity contribution in [3.63, 3.8) is 0 Å². The van der Waals surface area contributed by atoms with E-state index in [1.54, 1.807) is 48.5 Å². The summed E-state index contributed by atoms with van der Waals surface area (Å²) in [6.45, 7) is 0. The summed E-state index contributed by atoms with van der Waals surface area (Å²) in [7, 11) is 0. The first-order valence-corrected chi connectivity index (χ1v) is 11.4. The van der Waals surface area contributed by atoms with Crippen LogP contribution < -0.4 is 10.1 Å². The Balaban J connectivity index is 1.80. The van der Waals surface area contributed by atoms with E-state index in [4.69, 9.17) is 5.11 Å². The van der Waals surface area contributed by atoms with Crippen LogP contribution >= 0.6 is 0 Å². The number of halogens is 6. The third kappa shape index (κ3) is 6.96. The number of alkyl halides is 6. The number of aromatic nitrogens is 2. The van der Waals surface area contributed by atoms with Gasteiger partial charge in [0.2, 0.25) is 5.95 Å². The van der Waals surface area contributed by atoms with Crippen LogP contribution in [0.15, 0.2) is 72.8 Å². The summed E-state index contributed by atoms with van der Waals surface area (Å²) in [6, 6.07) is 16.3. The van der Waals surface area contributed by atoms with Gasteiger partial charge in [-0.2, -0.15) is 13.2 Å². The zero-order chi connectivity index (χ0) is 27.5. The van der Waals surface area contributed by atoms with Crippen LogP contribution in [0.3, 0.4) is 0 Å². The Bertz CT molecular complexity index is 1400. The second kappa shape index (κ2) is 10.6. The second-order valence-corrected chi connectivity index (χ2v) is 8.47. The predicted octanol–water partition coefficient (Wildman–Crippen LogP) is 7.24. The first kappa shape index (κ1) is 26.8. The molecular formula is C26H21F6N3O3. The Morgan fingerprint density at radius 1 is 0.974 bits per heavy atom. The van der Waals surface area contributed by atoms with Gasteiger partial charge in [-0.15, -0.1) is 13.2 Å². The summed E-state index contributed by atoms with van der Waals surface area (Å²) in [5, 5.41) is 11.9. The average molecular weight is 537 g/mol. The van der Waals surface area contributed by atoms with Crippen LogP contribution in [0, 0.1) is 0 Å². The van der Waals surface area contributed by atoms with Crippen molar-refractivity contribution >= 4 is 28.6 Å². The second-order valence-electron chi connectivity index (χ2n) is 8.47. The number of nitrogens with one attached hydrogen (secondary N) is 1. The van der Waals surface area contributed by atoms with Crippen molar-refractivity contribution in [2.24, 2.45) is 0 Å². The van der Waals surface area contributed by atoms with Crippen LogP contribution in [0.1, 0.15) is 30.0 Å². The van der Waals surface area contributed by atoms with Crippen LogP contribution in [-0.4, -0.2) is 33.2 Å². The molecule has 0 unspecified atom stereocenters. The van der Waals surface area contributed by atoms with Crippen molar-refractivity contribution in [1.82, 2.24) is 9.55 Å². The summed E-state index contributed by atoms with van der Waals surface area (Å²) >= 11 is 0. The van der Waals surface area contributed by atoms with Crippen LogP contribution in [-0.2, 0) is 11.2 Å². The maximum Gasteiger partial charge on any atom is 0.573 e. The molecule has 200 valence electrons. The Hall–Kier alpha value is -4.22. The molecular weight excluding hydrogens is 516 g/mol. The van der Waals surface area contributed by atoms with E-state index in [1.165, 1.54) is 16.7 Å². The zero-order valence-corrected chi connectivity index (χ0v) is 19.6. The molecule has 3 aromatic carbocycles. The van der Waals surface area contributed by atoms with E-state index < -0.39 is 36.7 Å². The van der Waals surface area contributed by atoms with Crippen molar-refractivity contribution < 1.29 is 41.0 Å². The number of imidazole rings is 1. The Morgan fingerprint density at radius 3 is 2.26 bits per heavy atom. The molecule has 38 heavy (non-hydrogen) atoms. The first-order chi connectivity index (χ1) is 17.9. The van der Waals surface area contributed by atoms with Gasteiger partial charge >= 0.3 is 18.5 Å².